The van der Waals surface area contributed by atoms with Gasteiger partial charge in [-0.25, -0.2) is 0 Å². The molecule has 0 atom stereocenters. The van der Waals surface area contributed by atoms with Gasteiger partial charge >= 0.3 is 0 Å². The summed E-state index contributed by atoms with van der Waals surface area (Å²) in [5, 5.41) is 1.07. The lowest BCUT2D eigenvalue weighted by Gasteiger charge is -2.00. The summed E-state index contributed by atoms with van der Waals surface area (Å²) in [5.74, 6) is 0.0289. The van der Waals surface area contributed by atoms with Crippen molar-refractivity contribution in [2.45, 2.75) is 6.92 Å². The molecule has 0 amide bonds. The lowest BCUT2D eigenvalue weighted by Crippen LogP contribution is -2.02. The van der Waals surface area contributed by atoms with Gasteiger partial charge in [-0.3, -0.25) is 9.36 Å². The van der Waals surface area contributed by atoms with E-state index >= 15 is 0 Å². The van der Waals surface area contributed by atoms with E-state index in [9.17, 15) is 4.79 Å². The Kier molecular flexibility index (Phi) is 1.97. The number of fused-ring (bicyclic) bond motifs is 1. The first kappa shape index (κ1) is 8.75. The third kappa shape index (κ3) is 1.25. The molecule has 1 aromatic heterocycles. The van der Waals surface area contributed by atoms with Crippen LogP contribution >= 0.6 is 0 Å². The first-order valence-electron chi connectivity index (χ1n) is 4.47. The molecule has 0 saturated carbocycles. The van der Waals surface area contributed by atoms with E-state index in [0.717, 1.165) is 16.5 Å². The summed E-state index contributed by atoms with van der Waals surface area (Å²) in [5.41, 5.74) is 1.97. The molecule has 0 unspecified atom stereocenters. The number of carbonyl (C=O) groups excluding carboxylic acids is 1. The van der Waals surface area contributed by atoms with Crippen LogP contribution in [0.4, 0.5) is 0 Å². The second-order valence-electron chi connectivity index (χ2n) is 3.23. The third-order valence-electron chi connectivity index (χ3n) is 2.29. The highest BCUT2D eigenvalue weighted by Gasteiger charge is 2.03. The molecular weight excluding hydrogens is 174 g/mol. The number of hydrogen-bond acceptors (Lipinski definition) is 1. The van der Waals surface area contributed by atoms with Crippen molar-refractivity contribution in [2.24, 2.45) is 0 Å². The predicted octanol–water partition coefficient (Wildman–Crippen LogP) is 2.94. The summed E-state index contributed by atoms with van der Waals surface area (Å²) in [7, 11) is 0. The van der Waals surface area contributed by atoms with Crippen molar-refractivity contribution in [3.63, 3.8) is 0 Å². The van der Waals surface area contributed by atoms with Crippen LogP contribution in [-0.4, -0.2) is 10.5 Å². The van der Waals surface area contributed by atoms with Crippen molar-refractivity contribution >= 4 is 22.9 Å². The van der Waals surface area contributed by atoms with E-state index < -0.39 is 0 Å². The van der Waals surface area contributed by atoms with Crippen molar-refractivity contribution in [1.82, 2.24) is 4.57 Å². The SMILES string of the molecule is C=Cc1ccc2ccn(C(C)=O)c2c1. The lowest BCUT2D eigenvalue weighted by molar-refractivity contribution is 0.0941. The molecule has 2 rings (SSSR count). The van der Waals surface area contributed by atoms with Gasteiger partial charge in [-0.2, -0.15) is 0 Å². The Hall–Kier alpha value is -1.83. The topological polar surface area (TPSA) is 22.0 Å². The van der Waals surface area contributed by atoms with Gasteiger partial charge < -0.3 is 0 Å². The highest BCUT2D eigenvalue weighted by Crippen LogP contribution is 2.18. The predicted molar refractivity (Wildman–Crippen MR) is 58.3 cm³/mol. The summed E-state index contributed by atoms with van der Waals surface area (Å²) in [6, 6.07) is 7.87. The van der Waals surface area contributed by atoms with Crippen LogP contribution in [0.25, 0.3) is 17.0 Å². The first-order valence-corrected chi connectivity index (χ1v) is 4.47. The molecule has 0 N–H and O–H groups in total. The van der Waals surface area contributed by atoms with Crippen LogP contribution in [0.1, 0.15) is 17.3 Å². The van der Waals surface area contributed by atoms with E-state index in [1.54, 1.807) is 23.8 Å². The molecular formula is C12H11NO. The van der Waals surface area contributed by atoms with E-state index in [-0.39, 0.29) is 5.91 Å². The molecule has 0 radical (unpaired) electrons. The minimum Gasteiger partial charge on any atom is -0.287 e. The molecule has 0 aliphatic carbocycles. The van der Waals surface area contributed by atoms with Crippen LogP contribution in [0.15, 0.2) is 37.0 Å². The molecule has 1 aromatic carbocycles. The number of nitrogens with zero attached hydrogens (tertiary/aromatic N) is 1. The number of benzene rings is 1. The Labute approximate surface area is 82.5 Å². The molecule has 2 aromatic rings. The van der Waals surface area contributed by atoms with E-state index in [0.29, 0.717) is 0 Å². The van der Waals surface area contributed by atoms with Gasteiger partial charge in [-0.05, 0) is 17.7 Å². The van der Waals surface area contributed by atoms with Gasteiger partial charge in [0, 0.05) is 18.5 Å². The average molecular weight is 185 g/mol. The Balaban J connectivity index is 2.75. The molecule has 1 heterocycles. The fourth-order valence-electron chi connectivity index (χ4n) is 1.55. The zero-order valence-electron chi connectivity index (χ0n) is 8.03. The van der Waals surface area contributed by atoms with Crippen molar-refractivity contribution in [2.75, 3.05) is 0 Å². The maximum Gasteiger partial charge on any atom is 0.227 e. The number of aromatic nitrogens is 1. The Morgan fingerprint density at radius 3 is 2.86 bits per heavy atom. The molecule has 0 aliphatic heterocycles. The van der Waals surface area contributed by atoms with E-state index in [4.69, 9.17) is 0 Å². The zero-order chi connectivity index (χ0) is 10.1. The molecule has 0 bridgehead atoms. The van der Waals surface area contributed by atoms with Gasteiger partial charge in [0.15, 0.2) is 0 Å². The summed E-state index contributed by atoms with van der Waals surface area (Å²) < 4.78 is 1.64. The average Bonchev–Trinajstić information content (AvgIpc) is 2.59. The normalized spacial score (nSPS) is 10.4. The maximum atomic E-state index is 11.3. The van der Waals surface area contributed by atoms with E-state index in [1.165, 1.54) is 0 Å². The zero-order valence-corrected chi connectivity index (χ0v) is 8.03. The van der Waals surface area contributed by atoms with Gasteiger partial charge in [-0.15, -0.1) is 0 Å². The van der Waals surface area contributed by atoms with Gasteiger partial charge in [0.1, 0.15) is 0 Å². The van der Waals surface area contributed by atoms with Crippen molar-refractivity contribution < 1.29 is 4.79 Å². The fraction of sp³-hybridized carbons (Fsp3) is 0.0833. The van der Waals surface area contributed by atoms with Gasteiger partial charge in [-0.1, -0.05) is 24.8 Å². The maximum absolute atomic E-state index is 11.3. The van der Waals surface area contributed by atoms with Gasteiger partial charge in [0.25, 0.3) is 0 Å². The molecule has 0 saturated heterocycles. The summed E-state index contributed by atoms with van der Waals surface area (Å²) >= 11 is 0. The minimum atomic E-state index is 0.0289. The quantitative estimate of drug-likeness (QED) is 0.669. The van der Waals surface area contributed by atoms with Crippen LogP contribution in [0.5, 0.6) is 0 Å². The van der Waals surface area contributed by atoms with Crippen molar-refractivity contribution in [1.29, 1.82) is 0 Å². The molecule has 2 heteroatoms. The number of rotatable bonds is 1. The summed E-state index contributed by atoms with van der Waals surface area (Å²) in [6.45, 7) is 5.26. The first-order chi connectivity index (χ1) is 6.72. The molecule has 0 fully saturated rings. The molecule has 0 spiro atoms. The van der Waals surface area contributed by atoms with E-state index in [2.05, 4.69) is 6.58 Å². The Morgan fingerprint density at radius 2 is 2.21 bits per heavy atom. The molecule has 14 heavy (non-hydrogen) atoms. The van der Waals surface area contributed by atoms with Crippen LogP contribution < -0.4 is 0 Å². The number of hydrogen-bond donors (Lipinski definition) is 0. The van der Waals surface area contributed by atoms with Gasteiger partial charge in [0.05, 0.1) is 5.52 Å². The largest absolute Gasteiger partial charge is 0.287 e. The van der Waals surface area contributed by atoms with Crippen LogP contribution in [0.3, 0.4) is 0 Å². The standard InChI is InChI=1S/C12H11NO/c1-3-10-4-5-11-6-7-13(9(2)14)12(11)8-10/h3-8H,1H2,2H3. The highest BCUT2D eigenvalue weighted by atomic mass is 16.1. The van der Waals surface area contributed by atoms with Crippen LogP contribution in [-0.2, 0) is 0 Å². The van der Waals surface area contributed by atoms with Crippen LogP contribution in [0, 0.1) is 0 Å². The second kappa shape index (κ2) is 3.14. The molecule has 70 valence electrons. The Morgan fingerprint density at radius 1 is 1.43 bits per heavy atom. The summed E-state index contributed by atoms with van der Waals surface area (Å²) in [6.07, 6.45) is 3.57. The monoisotopic (exact) mass is 185 g/mol. The second-order valence-corrected chi connectivity index (χ2v) is 3.23. The number of carbonyl (C=O) groups is 1. The smallest absolute Gasteiger partial charge is 0.227 e. The highest BCUT2D eigenvalue weighted by molar-refractivity contribution is 5.92. The Bertz CT molecular complexity index is 508. The molecule has 2 nitrogen and oxygen atoms in total. The lowest BCUT2D eigenvalue weighted by atomic mass is 10.1. The fourth-order valence-corrected chi connectivity index (χ4v) is 1.55. The minimum absolute atomic E-state index is 0.0289. The summed E-state index contributed by atoms with van der Waals surface area (Å²) in [4.78, 5) is 11.3. The van der Waals surface area contributed by atoms with Crippen molar-refractivity contribution in [3.05, 3.63) is 42.6 Å². The third-order valence-corrected chi connectivity index (χ3v) is 2.29. The van der Waals surface area contributed by atoms with E-state index in [1.807, 2.05) is 24.3 Å². The van der Waals surface area contributed by atoms with Crippen LogP contribution in [0.2, 0.25) is 0 Å². The van der Waals surface area contributed by atoms with Crippen molar-refractivity contribution in [3.8, 4) is 0 Å². The molecule has 0 aliphatic rings. The van der Waals surface area contributed by atoms with Gasteiger partial charge in [0.2, 0.25) is 5.91 Å².